The fourth-order valence-electron chi connectivity index (χ4n) is 2.09. The number of halogens is 1. The summed E-state index contributed by atoms with van der Waals surface area (Å²) >= 11 is 5.77. The number of amides is 1. The number of rotatable bonds is 3. The average Bonchev–Trinajstić information content (AvgIpc) is 2.52. The van der Waals surface area contributed by atoms with Crippen molar-refractivity contribution in [3.63, 3.8) is 0 Å². The average molecular weight is 215 g/mol. The molecule has 1 fully saturated rings. The number of nitriles is 1. The third-order valence-electron chi connectivity index (χ3n) is 2.70. The van der Waals surface area contributed by atoms with Gasteiger partial charge >= 0.3 is 0 Å². The van der Waals surface area contributed by atoms with E-state index in [1.165, 1.54) is 6.92 Å². The van der Waals surface area contributed by atoms with Crippen LogP contribution < -0.4 is 5.32 Å². The maximum absolute atomic E-state index is 10.9. The van der Waals surface area contributed by atoms with Crippen LogP contribution in [0.15, 0.2) is 0 Å². The largest absolute Gasteiger partial charge is 0.353 e. The molecule has 78 valence electrons. The SMILES string of the molecule is CC(=O)N[C@@H]1CCC[C@H]1CC(Cl)C#N. The number of nitrogens with zero attached hydrogens (tertiary/aromatic N) is 1. The highest BCUT2D eigenvalue weighted by molar-refractivity contribution is 6.22. The molecule has 4 heteroatoms. The molecule has 1 amide bonds. The Labute approximate surface area is 89.4 Å². The molecule has 0 saturated heterocycles. The molecule has 1 N–H and O–H groups in total. The molecule has 1 saturated carbocycles. The van der Waals surface area contributed by atoms with E-state index in [9.17, 15) is 4.79 Å². The third kappa shape index (κ3) is 3.19. The van der Waals surface area contributed by atoms with E-state index < -0.39 is 5.38 Å². The zero-order chi connectivity index (χ0) is 10.6. The van der Waals surface area contributed by atoms with Crippen LogP contribution in [0.4, 0.5) is 0 Å². The molecule has 0 aromatic carbocycles. The molecule has 1 aliphatic carbocycles. The van der Waals surface area contributed by atoms with Gasteiger partial charge in [0.2, 0.25) is 5.91 Å². The summed E-state index contributed by atoms with van der Waals surface area (Å²) in [7, 11) is 0. The van der Waals surface area contributed by atoms with Gasteiger partial charge in [-0.05, 0) is 25.2 Å². The summed E-state index contributed by atoms with van der Waals surface area (Å²) in [5.74, 6) is 0.381. The molecule has 1 aliphatic rings. The summed E-state index contributed by atoms with van der Waals surface area (Å²) in [4.78, 5) is 10.9. The van der Waals surface area contributed by atoms with Gasteiger partial charge < -0.3 is 5.32 Å². The molecule has 0 aromatic rings. The van der Waals surface area contributed by atoms with Crippen LogP contribution in [0.25, 0.3) is 0 Å². The second-order valence-corrected chi connectivity index (χ2v) is 4.36. The molecule has 1 rings (SSSR count). The van der Waals surface area contributed by atoms with Crippen LogP contribution in [0.5, 0.6) is 0 Å². The van der Waals surface area contributed by atoms with Crippen LogP contribution in [0.2, 0.25) is 0 Å². The lowest BCUT2D eigenvalue weighted by Crippen LogP contribution is -2.36. The minimum atomic E-state index is -0.422. The number of carbonyl (C=O) groups excluding carboxylic acids is 1. The normalized spacial score (nSPS) is 28.1. The first-order chi connectivity index (χ1) is 6.63. The highest BCUT2D eigenvalue weighted by Gasteiger charge is 2.29. The van der Waals surface area contributed by atoms with Crippen molar-refractivity contribution in [1.82, 2.24) is 5.32 Å². The van der Waals surface area contributed by atoms with Gasteiger partial charge in [0.05, 0.1) is 6.07 Å². The first kappa shape index (κ1) is 11.3. The van der Waals surface area contributed by atoms with E-state index in [-0.39, 0.29) is 11.9 Å². The van der Waals surface area contributed by atoms with Gasteiger partial charge in [-0.25, -0.2) is 0 Å². The zero-order valence-electron chi connectivity index (χ0n) is 8.29. The van der Waals surface area contributed by atoms with Crippen molar-refractivity contribution in [3.8, 4) is 6.07 Å². The van der Waals surface area contributed by atoms with Gasteiger partial charge in [-0.15, -0.1) is 11.6 Å². The fourth-order valence-corrected chi connectivity index (χ4v) is 2.32. The highest BCUT2D eigenvalue weighted by Crippen LogP contribution is 2.30. The van der Waals surface area contributed by atoms with Gasteiger partial charge in [0.25, 0.3) is 0 Å². The molecule has 0 heterocycles. The smallest absolute Gasteiger partial charge is 0.217 e. The van der Waals surface area contributed by atoms with E-state index in [2.05, 4.69) is 5.32 Å². The van der Waals surface area contributed by atoms with E-state index in [1.807, 2.05) is 6.07 Å². The van der Waals surface area contributed by atoms with E-state index in [0.29, 0.717) is 12.3 Å². The topological polar surface area (TPSA) is 52.9 Å². The highest BCUT2D eigenvalue weighted by atomic mass is 35.5. The molecule has 0 bridgehead atoms. The summed E-state index contributed by atoms with van der Waals surface area (Å²) in [5, 5.41) is 11.1. The van der Waals surface area contributed by atoms with Crippen LogP contribution in [0.1, 0.15) is 32.6 Å². The van der Waals surface area contributed by atoms with Crippen LogP contribution in [0, 0.1) is 17.2 Å². The Morgan fingerprint density at radius 2 is 2.43 bits per heavy atom. The molecule has 14 heavy (non-hydrogen) atoms. The number of alkyl halides is 1. The van der Waals surface area contributed by atoms with Crippen molar-refractivity contribution in [2.75, 3.05) is 0 Å². The molecular formula is C10H15ClN2O. The molecule has 0 aromatic heterocycles. The summed E-state index contributed by atoms with van der Waals surface area (Å²) in [6.45, 7) is 1.53. The predicted octanol–water partition coefficient (Wildman–Crippen LogP) is 1.81. The minimum Gasteiger partial charge on any atom is -0.353 e. The second kappa shape index (κ2) is 5.21. The Kier molecular flexibility index (Phi) is 4.21. The van der Waals surface area contributed by atoms with Crippen LogP contribution in [-0.2, 0) is 4.79 Å². The molecule has 0 aliphatic heterocycles. The summed E-state index contributed by atoms with van der Waals surface area (Å²) in [6.07, 6.45) is 3.88. The van der Waals surface area contributed by atoms with Gasteiger partial charge in [-0.2, -0.15) is 5.26 Å². The molecule has 3 nitrogen and oxygen atoms in total. The molecular weight excluding hydrogens is 200 g/mol. The number of carbonyl (C=O) groups is 1. The van der Waals surface area contributed by atoms with E-state index >= 15 is 0 Å². The number of hydrogen-bond acceptors (Lipinski definition) is 2. The Bertz CT molecular complexity index is 249. The predicted molar refractivity (Wildman–Crippen MR) is 54.8 cm³/mol. The van der Waals surface area contributed by atoms with Crippen LogP contribution in [0.3, 0.4) is 0 Å². The van der Waals surface area contributed by atoms with Gasteiger partial charge in [-0.3, -0.25) is 4.79 Å². The zero-order valence-corrected chi connectivity index (χ0v) is 9.05. The third-order valence-corrected chi connectivity index (χ3v) is 2.97. The van der Waals surface area contributed by atoms with Crippen molar-refractivity contribution >= 4 is 17.5 Å². The number of hydrogen-bond donors (Lipinski definition) is 1. The standard InChI is InChI=1S/C10H15ClN2O/c1-7(14)13-10-4-2-3-8(10)5-9(11)6-12/h8-10H,2-5H2,1H3,(H,13,14)/t8-,9?,10+/m0/s1. The Balaban J connectivity index is 2.43. The monoisotopic (exact) mass is 214 g/mol. The Hall–Kier alpha value is -0.750. The summed E-state index contributed by atoms with van der Waals surface area (Å²) < 4.78 is 0. The summed E-state index contributed by atoms with van der Waals surface area (Å²) in [6, 6.07) is 2.24. The minimum absolute atomic E-state index is 0.00461. The lowest BCUT2D eigenvalue weighted by Gasteiger charge is -2.20. The number of nitrogens with one attached hydrogen (secondary N) is 1. The first-order valence-electron chi connectivity index (χ1n) is 4.94. The maximum atomic E-state index is 10.9. The molecule has 0 spiro atoms. The second-order valence-electron chi connectivity index (χ2n) is 3.83. The van der Waals surface area contributed by atoms with Gasteiger partial charge in [0, 0.05) is 13.0 Å². The van der Waals surface area contributed by atoms with E-state index in [4.69, 9.17) is 16.9 Å². The van der Waals surface area contributed by atoms with Crippen molar-refractivity contribution in [1.29, 1.82) is 5.26 Å². The van der Waals surface area contributed by atoms with Crippen LogP contribution >= 0.6 is 11.6 Å². The first-order valence-corrected chi connectivity index (χ1v) is 5.38. The van der Waals surface area contributed by atoms with Crippen molar-refractivity contribution in [2.24, 2.45) is 5.92 Å². The maximum Gasteiger partial charge on any atom is 0.217 e. The molecule has 3 atom stereocenters. The van der Waals surface area contributed by atoms with Gasteiger partial charge in [0.1, 0.15) is 5.38 Å². The van der Waals surface area contributed by atoms with Gasteiger partial charge in [0.15, 0.2) is 0 Å². The van der Waals surface area contributed by atoms with Crippen molar-refractivity contribution in [3.05, 3.63) is 0 Å². The van der Waals surface area contributed by atoms with Gasteiger partial charge in [-0.1, -0.05) is 6.42 Å². The molecule has 0 radical (unpaired) electrons. The molecule has 1 unspecified atom stereocenters. The lowest BCUT2D eigenvalue weighted by atomic mass is 9.98. The quantitative estimate of drug-likeness (QED) is 0.729. The van der Waals surface area contributed by atoms with Crippen molar-refractivity contribution < 1.29 is 4.79 Å². The van der Waals surface area contributed by atoms with Crippen molar-refractivity contribution in [2.45, 2.75) is 44.0 Å². The fraction of sp³-hybridized carbons (Fsp3) is 0.800. The van der Waals surface area contributed by atoms with E-state index in [0.717, 1.165) is 19.3 Å². The summed E-state index contributed by atoms with van der Waals surface area (Å²) in [5.41, 5.74) is 0. The van der Waals surface area contributed by atoms with Crippen LogP contribution in [-0.4, -0.2) is 17.3 Å². The Morgan fingerprint density at radius 1 is 1.71 bits per heavy atom. The van der Waals surface area contributed by atoms with E-state index in [1.54, 1.807) is 0 Å². The Morgan fingerprint density at radius 3 is 3.00 bits per heavy atom. The lowest BCUT2D eigenvalue weighted by molar-refractivity contribution is -0.119.